The number of nitrogens with one attached hydrogen (secondary N) is 2. The largest absolute Gasteiger partial charge is 0.354 e. The van der Waals surface area contributed by atoms with Crippen molar-refractivity contribution in [1.82, 2.24) is 15.0 Å². The van der Waals surface area contributed by atoms with Crippen LogP contribution < -0.4 is 10.6 Å². The van der Waals surface area contributed by atoms with Gasteiger partial charge in [-0.05, 0) is 37.6 Å². The van der Waals surface area contributed by atoms with E-state index in [0.717, 1.165) is 6.54 Å². The maximum Gasteiger partial charge on any atom is 0.229 e. The Balaban J connectivity index is 2.04. The lowest BCUT2D eigenvalue weighted by Gasteiger charge is -2.06. The van der Waals surface area contributed by atoms with Crippen molar-refractivity contribution in [2.75, 3.05) is 17.2 Å². The van der Waals surface area contributed by atoms with Crippen LogP contribution in [0.15, 0.2) is 12.1 Å². The van der Waals surface area contributed by atoms with Crippen molar-refractivity contribution in [3.8, 4) is 0 Å². The zero-order valence-electron chi connectivity index (χ0n) is 10.2. The van der Waals surface area contributed by atoms with Crippen LogP contribution in [-0.4, -0.2) is 21.5 Å². The molecule has 18 heavy (non-hydrogen) atoms. The molecule has 0 spiro atoms. The Kier molecular flexibility index (Phi) is 4.33. The fourth-order valence-electron chi connectivity index (χ4n) is 1.41. The first-order chi connectivity index (χ1) is 8.67. The molecule has 0 bridgehead atoms. The van der Waals surface area contributed by atoms with Crippen LogP contribution in [0, 0.1) is 6.92 Å². The highest BCUT2D eigenvalue weighted by Gasteiger charge is 2.04. The second-order valence-electron chi connectivity index (χ2n) is 3.65. The quantitative estimate of drug-likeness (QED) is 0.883. The van der Waals surface area contributed by atoms with Gasteiger partial charge in [0, 0.05) is 16.3 Å². The minimum Gasteiger partial charge on any atom is -0.354 e. The molecule has 2 aromatic heterocycles. The average molecular weight is 284 g/mol. The van der Waals surface area contributed by atoms with E-state index in [0.29, 0.717) is 18.4 Å². The van der Waals surface area contributed by atoms with Crippen molar-refractivity contribution < 1.29 is 0 Å². The Bertz CT molecular complexity index is 528. The highest BCUT2D eigenvalue weighted by molar-refractivity contribution is 7.11. The first-order valence-electron chi connectivity index (χ1n) is 5.62. The van der Waals surface area contributed by atoms with Crippen LogP contribution in [0.3, 0.4) is 0 Å². The molecule has 0 saturated carbocycles. The van der Waals surface area contributed by atoms with Crippen molar-refractivity contribution in [3.63, 3.8) is 0 Å². The Morgan fingerprint density at radius 3 is 2.50 bits per heavy atom. The van der Waals surface area contributed by atoms with Crippen molar-refractivity contribution in [2.24, 2.45) is 0 Å². The van der Waals surface area contributed by atoms with Crippen LogP contribution in [0.5, 0.6) is 0 Å². The number of halogens is 1. The number of thiophene rings is 1. The van der Waals surface area contributed by atoms with E-state index < -0.39 is 0 Å². The van der Waals surface area contributed by atoms with Gasteiger partial charge in [-0.1, -0.05) is 0 Å². The predicted octanol–water partition coefficient (Wildman–Crippen LogP) is 2.94. The van der Waals surface area contributed by atoms with Gasteiger partial charge in [-0.2, -0.15) is 15.0 Å². The van der Waals surface area contributed by atoms with Gasteiger partial charge in [0.15, 0.2) is 0 Å². The van der Waals surface area contributed by atoms with Gasteiger partial charge >= 0.3 is 0 Å². The van der Waals surface area contributed by atoms with Gasteiger partial charge in [0.25, 0.3) is 0 Å². The molecule has 96 valence electrons. The minimum atomic E-state index is 0.186. The summed E-state index contributed by atoms with van der Waals surface area (Å²) in [5.41, 5.74) is 0. The van der Waals surface area contributed by atoms with Gasteiger partial charge in [-0.3, -0.25) is 0 Å². The molecular formula is C11H14ClN5S. The Hall–Kier alpha value is -1.40. The zero-order valence-corrected chi connectivity index (χ0v) is 11.8. The van der Waals surface area contributed by atoms with Crippen molar-refractivity contribution in [3.05, 3.63) is 27.2 Å². The molecule has 0 atom stereocenters. The molecule has 0 aliphatic rings. The number of rotatable bonds is 5. The van der Waals surface area contributed by atoms with Crippen molar-refractivity contribution in [1.29, 1.82) is 0 Å². The summed E-state index contributed by atoms with van der Waals surface area (Å²) >= 11 is 7.58. The van der Waals surface area contributed by atoms with E-state index in [1.807, 2.05) is 6.92 Å². The molecule has 2 rings (SSSR count). The molecule has 2 aromatic rings. The molecule has 2 N–H and O–H groups in total. The summed E-state index contributed by atoms with van der Waals surface area (Å²) in [6.07, 6.45) is 0. The van der Waals surface area contributed by atoms with Crippen LogP contribution in [0.1, 0.15) is 16.7 Å². The maximum atomic E-state index is 5.83. The minimum absolute atomic E-state index is 0.186. The second kappa shape index (κ2) is 5.97. The molecule has 5 nitrogen and oxygen atoms in total. The number of aryl methyl sites for hydroxylation is 1. The van der Waals surface area contributed by atoms with Crippen molar-refractivity contribution >= 4 is 34.8 Å². The average Bonchev–Trinajstić information content (AvgIpc) is 2.72. The molecule has 0 radical (unpaired) electrons. The molecule has 7 heteroatoms. The van der Waals surface area contributed by atoms with E-state index in [2.05, 4.69) is 44.6 Å². The van der Waals surface area contributed by atoms with E-state index in [-0.39, 0.29) is 5.28 Å². The highest BCUT2D eigenvalue weighted by Crippen LogP contribution is 2.16. The zero-order chi connectivity index (χ0) is 13.0. The van der Waals surface area contributed by atoms with E-state index in [1.54, 1.807) is 11.3 Å². The summed E-state index contributed by atoms with van der Waals surface area (Å²) in [6, 6.07) is 4.17. The first kappa shape index (κ1) is 13.0. The SMILES string of the molecule is CCNc1nc(Cl)nc(NCc2ccc(C)s2)n1. The summed E-state index contributed by atoms with van der Waals surface area (Å²) in [6.45, 7) is 5.48. The number of hydrogen-bond acceptors (Lipinski definition) is 6. The van der Waals surface area contributed by atoms with Crippen LogP contribution in [0.4, 0.5) is 11.9 Å². The Morgan fingerprint density at radius 1 is 1.17 bits per heavy atom. The predicted molar refractivity (Wildman–Crippen MR) is 75.4 cm³/mol. The lowest BCUT2D eigenvalue weighted by atomic mass is 10.4. The lowest BCUT2D eigenvalue weighted by Crippen LogP contribution is -2.08. The maximum absolute atomic E-state index is 5.83. The third-order valence-corrected chi connectivity index (χ3v) is 3.33. The summed E-state index contributed by atoms with van der Waals surface area (Å²) in [4.78, 5) is 14.7. The second-order valence-corrected chi connectivity index (χ2v) is 5.36. The van der Waals surface area contributed by atoms with Crippen molar-refractivity contribution in [2.45, 2.75) is 20.4 Å². The topological polar surface area (TPSA) is 62.7 Å². The number of hydrogen-bond donors (Lipinski definition) is 2. The van der Waals surface area contributed by atoms with Crippen LogP contribution in [-0.2, 0) is 6.54 Å². The van der Waals surface area contributed by atoms with Crippen LogP contribution in [0.25, 0.3) is 0 Å². The number of aromatic nitrogens is 3. The molecule has 0 saturated heterocycles. The standard InChI is InChI=1S/C11H14ClN5S/c1-3-13-10-15-9(12)16-11(17-10)14-6-8-5-4-7(2)18-8/h4-5H,3,6H2,1-2H3,(H2,13,14,15,16,17). The fraction of sp³-hybridized carbons (Fsp3) is 0.364. The fourth-order valence-corrected chi connectivity index (χ4v) is 2.40. The van der Waals surface area contributed by atoms with Crippen LogP contribution in [0.2, 0.25) is 5.28 Å². The number of nitrogens with zero attached hydrogens (tertiary/aromatic N) is 3. The summed E-state index contributed by atoms with van der Waals surface area (Å²) < 4.78 is 0. The molecular weight excluding hydrogens is 270 g/mol. The van der Waals surface area contributed by atoms with Gasteiger partial charge in [0.1, 0.15) is 0 Å². The molecule has 2 heterocycles. The van der Waals surface area contributed by atoms with Gasteiger partial charge in [-0.15, -0.1) is 11.3 Å². The number of anilines is 2. The van der Waals surface area contributed by atoms with E-state index in [9.17, 15) is 0 Å². The molecule has 0 aliphatic carbocycles. The van der Waals surface area contributed by atoms with Gasteiger partial charge < -0.3 is 10.6 Å². The third kappa shape index (κ3) is 3.54. The normalized spacial score (nSPS) is 10.4. The van der Waals surface area contributed by atoms with Crippen LogP contribution >= 0.6 is 22.9 Å². The summed E-state index contributed by atoms with van der Waals surface area (Å²) in [5.74, 6) is 0.972. The van der Waals surface area contributed by atoms with E-state index in [4.69, 9.17) is 11.6 Å². The van der Waals surface area contributed by atoms with Gasteiger partial charge in [0.2, 0.25) is 17.2 Å². The molecule has 0 aromatic carbocycles. The molecule has 0 unspecified atom stereocenters. The third-order valence-electron chi connectivity index (χ3n) is 2.16. The monoisotopic (exact) mass is 283 g/mol. The van der Waals surface area contributed by atoms with Gasteiger partial charge in [-0.25, -0.2) is 0 Å². The highest BCUT2D eigenvalue weighted by atomic mass is 35.5. The summed E-state index contributed by atoms with van der Waals surface area (Å²) in [7, 11) is 0. The Morgan fingerprint density at radius 2 is 1.89 bits per heavy atom. The van der Waals surface area contributed by atoms with Gasteiger partial charge in [0.05, 0.1) is 6.54 Å². The van der Waals surface area contributed by atoms with E-state index in [1.165, 1.54) is 9.75 Å². The molecule has 0 fully saturated rings. The smallest absolute Gasteiger partial charge is 0.229 e. The Labute approximate surface area is 115 Å². The summed E-state index contributed by atoms with van der Waals surface area (Å²) in [5, 5.41) is 6.33. The first-order valence-corrected chi connectivity index (χ1v) is 6.81. The molecule has 0 amide bonds. The van der Waals surface area contributed by atoms with E-state index >= 15 is 0 Å². The molecule has 0 aliphatic heterocycles. The lowest BCUT2D eigenvalue weighted by molar-refractivity contribution is 0.993.